The highest BCUT2D eigenvalue weighted by molar-refractivity contribution is 6.28. The van der Waals surface area contributed by atoms with Crippen LogP contribution in [0.5, 0.6) is 0 Å². The molecule has 1 atom stereocenters. The fraction of sp³-hybridized carbons (Fsp3) is 0.600. The molecule has 5 heteroatoms. The molecular weight excluding hydrogens is 214 g/mol. The number of hydrogen-bond donors (Lipinski definition) is 2. The third-order valence-corrected chi connectivity index (χ3v) is 2.42. The van der Waals surface area contributed by atoms with E-state index in [1.165, 1.54) is 0 Å². The lowest BCUT2D eigenvalue weighted by atomic mass is 10.0. The summed E-state index contributed by atoms with van der Waals surface area (Å²) in [4.78, 5) is 7.98. The summed E-state index contributed by atoms with van der Waals surface area (Å²) in [7, 11) is 0. The maximum atomic E-state index is 9.75. The standard InChI is InChI=1S/C10H16ClN3O/c1-6-5-8(14-9(11)12-6)13-7(2)10(3,4)15/h5,7,15H,1-4H3,(H,12,13,14). The molecule has 1 aromatic heterocycles. The van der Waals surface area contributed by atoms with E-state index in [4.69, 9.17) is 11.6 Å². The molecule has 1 rings (SSSR count). The Labute approximate surface area is 94.7 Å². The lowest BCUT2D eigenvalue weighted by molar-refractivity contribution is 0.0648. The van der Waals surface area contributed by atoms with E-state index in [0.717, 1.165) is 5.69 Å². The van der Waals surface area contributed by atoms with Crippen LogP contribution in [0.1, 0.15) is 26.5 Å². The second-order valence-electron chi connectivity index (χ2n) is 4.18. The van der Waals surface area contributed by atoms with Crippen molar-refractivity contribution >= 4 is 17.4 Å². The summed E-state index contributed by atoms with van der Waals surface area (Å²) in [5, 5.41) is 13.0. The molecule has 1 unspecified atom stereocenters. The van der Waals surface area contributed by atoms with Crippen molar-refractivity contribution < 1.29 is 5.11 Å². The van der Waals surface area contributed by atoms with E-state index < -0.39 is 5.60 Å². The monoisotopic (exact) mass is 229 g/mol. The van der Waals surface area contributed by atoms with E-state index in [0.29, 0.717) is 5.82 Å². The number of nitrogens with one attached hydrogen (secondary N) is 1. The molecule has 0 aliphatic carbocycles. The van der Waals surface area contributed by atoms with E-state index in [9.17, 15) is 5.11 Å². The molecule has 0 saturated carbocycles. The van der Waals surface area contributed by atoms with Crippen LogP contribution < -0.4 is 5.32 Å². The molecule has 1 aromatic rings. The second-order valence-corrected chi connectivity index (χ2v) is 4.52. The van der Waals surface area contributed by atoms with E-state index >= 15 is 0 Å². The quantitative estimate of drug-likeness (QED) is 0.779. The van der Waals surface area contributed by atoms with Crippen molar-refractivity contribution in [3.8, 4) is 0 Å². The van der Waals surface area contributed by atoms with Crippen molar-refractivity contribution in [1.29, 1.82) is 0 Å². The van der Waals surface area contributed by atoms with Gasteiger partial charge in [-0.2, -0.15) is 0 Å². The van der Waals surface area contributed by atoms with Gasteiger partial charge in [0, 0.05) is 11.8 Å². The van der Waals surface area contributed by atoms with Gasteiger partial charge in [-0.15, -0.1) is 0 Å². The molecule has 15 heavy (non-hydrogen) atoms. The molecule has 0 spiro atoms. The molecule has 0 radical (unpaired) electrons. The topological polar surface area (TPSA) is 58.0 Å². The van der Waals surface area contributed by atoms with E-state index in [1.54, 1.807) is 19.9 Å². The van der Waals surface area contributed by atoms with Crippen LogP contribution in [0.4, 0.5) is 5.82 Å². The highest BCUT2D eigenvalue weighted by atomic mass is 35.5. The Morgan fingerprint density at radius 1 is 1.47 bits per heavy atom. The Hall–Kier alpha value is -0.870. The van der Waals surface area contributed by atoms with Gasteiger partial charge in [-0.3, -0.25) is 0 Å². The number of anilines is 1. The van der Waals surface area contributed by atoms with Crippen molar-refractivity contribution in [2.75, 3.05) is 5.32 Å². The summed E-state index contributed by atoms with van der Waals surface area (Å²) in [5.74, 6) is 0.627. The summed E-state index contributed by atoms with van der Waals surface area (Å²) in [5.41, 5.74) is -0.0221. The van der Waals surface area contributed by atoms with Crippen LogP contribution in [-0.2, 0) is 0 Å². The normalized spacial score (nSPS) is 13.7. The molecule has 84 valence electrons. The summed E-state index contributed by atoms with van der Waals surface area (Å²) in [6.45, 7) is 7.19. The number of aromatic nitrogens is 2. The number of nitrogens with zero attached hydrogens (tertiary/aromatic N) is 2. The van der Waals surface area contributed by atoms with E-state index in [-0.39, 0.29) is 11.3 Å². The molecule has 0 amide bonds. The molecule has 0 fully saturated rings. The van der Waals surface area contributed by atoms with Gasteiger partial charge in [0.25, 0.3) is 0 Å². The van der Waals surface area contributed by atoms with Gasteiger partial charge in [-0.1, -0.05) is 0 Å². The van der Waals surface area contributed by atoms with Crippen LogP contribution in [0.2, 0.25) is 5.28 Å². The van der Waals surface area contributed by atoms with Crippen LogP contribution >= 0.6 is 11.6 Å². The highest BCUT2D eigenvalue weighted by Crippen LogP contribution is 2.15. The molecule has 2 N–H and O–H groups in total. The van der Waals surface area contributed by atoms with Gasteiger partial charge in [-0.25, -0.2) is 9.97 Å². The third-order valence-electron chi connectivity index (χ3n) is 2.25. The van der Waals surface area contributed by atoms with Gasteiger partial charge in [-0.05, 0) is 39.3 Å². The van der Waals surface area contributed by atoms with Crippen molar-refractivity contribution in [1.82, 2.24) is 9.97 Å². The number of rotatable bonds is 3. The van der Waals surface area contributed by atoms with Crippen LogP contribution in [0, 0.1) is 6.92 Å². The SMILES string of the molecule is Cc1cc(NC(C)C(C)(C)O)nc(Cl)n1. The number of aryl methyl sites for hydroxylation is 1. The van der Waals surface area contributed by atoms with Crippen molar-refractivity contribution in [2.24, 2.45) is 0 Å². The molecular formula is C10H16ClN3O. The molecule has 0 aromatic carbocycles. The van der Waals surface area contributed by atoms with Crippen molar-refractivity contribution in [3.63, 3.8) is 0 Å². The Morgan fingerprint density at radius 2 is 2.07 bits per heavy atom. The Kier molecular flexibility index (Phi) is 3.52. The molecule has 0 aliphatic rings. The summed E-state index contributed by atoms with van der Waals surface area (Å²) in [6, 6.07) is 1.66. The van der Waals surface area contributed by atoms with Crippen molar-refractivity contribution in [3.05, 3.63) is 17.0 Å². The molecule has 4 nitrogen and oxygen atoms in total. The summed E-state index contributed by atoms with van der Waals surface area (Å²) >= 11 is 5.72. The number of aliphatic hydroxyl groups is 1. The maximum absolute atomic E-state index is 9.75. The number of hydrogen-bond acceptors (Lipinski definition) is 4. The van der Waals surface area contributed by atoms with Crippen LogP contribution in [-0.4, -0.2) is 26.7 Å². The highest BCUT2D eigenvalue weighted by Gasteiger charge is 2.22. The zero-order chi connectivity index (χ0) is 11.6. The fourth-order valence-corrected chi connectivity index (χ4v) is 1.23. The largest absolute Gasteiger partial charge is 0.388 e. The first-order valence-corrected chi connectivity index (χ1v) is 5.17. The first-order chi connectivity index (χ1) is 6.79. The van der Waals surface area contributed by atoms with Gasteiger partial charge in [0.1, 0.15) is 5.82 Å². The molecule has 0 aliphatic heterocycles. The van der Waals surface area contributed by atoms with Gasteiger partial charge in [0.05, 0.1) is 11.6 Å². The van der Waals surface area contributed by atoms with E-state index in [1.807, 2.05) is 13.8 Å². The van der Waals surface area contributed by atoms with Gasteiger partial charge in [0.15, 0.2) is 0 Å². The second kappa shape index (κ2) is 4.33. The first kappa shape index (κ1) is 12.2. The van der Waals surface area contributed by atoms with Crippen LogP contribution in [0.3, 0.4) is 0 Å². The van der Waals surface area contributed by atoms with Gasteiger partial charge < -0.3 is 10.4 Å². The zero-order valence-electron chi connectivity index (χ0n) is 9.37. The molecule has 0 bridgehead atoms. The minimum Gasteiger partial charge on any atom is -0.388 e. The van der Waals surface area contributed by atoms with E-state index in [2.05, 4.69) is 15.3 Å². The lowest BCUT2D eigenvalue weighted by Crippen LogP contribution is -2.39. The Balaban J connectivity index is 2.81. The fourth-order valence-electron chi connectivity index (χ4n) is 1.00. The maximum Gasteiger partial charge on any atom is 0.224 e. The first-order valence-electron chi connectivity index (χ1n) is 4.79. The predicted molar refractivity (Wildman–Crippen MR) is 61.2 cm³/mol. The van der Waals surface area contributed by atoms with Crippen LogP contribution in [0.25, 0.3) is 0 Å². The predicted octanol–water partition coefficient (Wildman–Crippen LogP) is 2.01. The third kappa shape index (κ3) is 3.64. The van der Waals surface area contributed by atoms with Gasteiger partial charge in [0.2, 0.25) is 5.28 Å². The minimum atomic E-state index is -0.814. The summed E-state index contributed by atoms with van der Waals surface area (Å²) in [6.07, 6.45) is 0. The summed E-state index contributed by atoms with van der Waals surface area (Å²) < 4.78 is 0. The van der Waals surface area contributed by atoms with Gasteiger partial charge >= 0.3 is 0 Å². The Bertz CT molecular complexity index is 329. The Morgan fingerprint density at radius 3 is 2.53 bits per heavy atom. The average Bonchev–Trinajstić information content (AvgIpc) is 1.99. The number of halogens is 1. The van der Waals surface area contributed by atoms with Crippen LogP contribution in [0.15, 0.2) is 6.07 Å². The lowest BCUT2D eigenvalue weighted by Gasteiger charge is -2.27. The smallest absolute Gasteiger partial charge is 0.224 e. The minimum absolute atomic E-state index is 0.122. The van der Waals surface area contributed by atoms with Crippen molar-refractivity contribution in [2.45, 2.75) is 39.3 Å². The average molecular weight is 230 g/mol. The molecule has 0 saturated heterocycles. The zero-order valence-corrected chi connectivity index (χ0v) is 10.1. The molecule has 1 heterocycles.